The number of amides is 2. The number of carbonyl (C=O) groups is 2. The number of ether oxygens (including phenoxy) is 1. The Morgan fingerprint density at radius 3 is 2.81 bits per heavy atom. The minimum Gasteiger partial charge on any atom is -0.406 e. The monoisotopic (exact) mass is 387 g/mol. The summed E-state index contributed by atoms with van der Waals surface area (Å²) >= 11 is 0. The molecule has 1 fully saturated rings. The average Bonchev–Trinajstić information content (AvgIpc) is 2.54. The van der Waals surface area contributed by atoms with Crippen molar-refractivity contribution in [3.05, 3.63) is 29.8 Å². The maximum atomic E-state index is 12.3. The summed E-state index contributed by atoms with van der Waals surface area (Å²) in [6.45, 7) is 6.07. The molecule has 1 aliphatic rings. The Hall–Kier alpha value is -2.29. The fourth-order valence-electron chi connectivity index (χ4n) is 2.97. The van der Waals surface area contributed by atoms with Gasteiger partial charge in [-0.25, -0.2) is 0 Å². The molecule has 2 rings (SSSR count). The Labute approximate surface area is 156 Å². The van der Waals surface area contributed by atoms with E-state index < -0.39 is 12.4 Å². The van der Waals surface area contributed by atoms with E-state index in [4.69, 9.17) is 0 Å². The van der Waals surface area contributed by atoms with Crippen molar-refractivity contribution in [2.75, 3.05) is 19.6 Å². The van der Waals surface area contributed by atoms with Crippen LogP contribution in [0, 0.1) is 5.92 Å². The van der Waals surface area contributed by atoms with Crippen LogP contribution in [0.5, 0.6) is 5.75 Å². The Balaban J connectivity index is 1.91. The number of benzene rings is 1. The molecule has 0 aliphatic carbocycles. The van der Waals surface area contributed by atoms with Crippen molar-refractivity contribution in [1.82, 2.24) is 15.5 Å². The van der Waals surface area contributed by atoms with Gasteiger partial charge in [-0.05, 0) is 23.6 Å². The molecule has 1 heterocycles. The van der Waals surface area contributed by atoms with E-state index in [1.54, 1.807) is 6.07 Å². The van der Waals surface area contributed by atoms with Gasteiger partial charge in [0.25, 0.3) is 0 Å². The lowest BCUT2D eigenvalue weighted by molar-refractivity contribution is -0.274. The molecule has 1 aromatic carbocycles. The Kier molecular flexibility index (Phi) is 7.06. The first kappa shape index (κ1) is 21.0. The largest absolute Gasteiger partial charge is 0.573 e. The number of carbonyl (C=O) groups excluding carboxylic acids is 2. The molecule has 6 nitrogen and oxygen atoms in total. The second-order valence-corrected chi connectivity index (χ2v) is 6.87. The van der Waals surface area contributed by atoms with Crippen LogP contribution in [0.4, 0.5) is 13.2 Å². The van der Waals surface area contributed by atoms with Crippen molar-refractivity contribution in [3.63, 3.8) is 0 Å². The van der Waals surface area contributed by atoms with E-state index in [1.165, 1.54) is 18.2 Å². The number of piperazine rings is 1. The Morgan fingerprint density at radius 1 is 1.41 bits per heavy atom. The van der Waals surface area contributed by atoms with Gasteiger partial charge in [0.2, 0.25) is 11.8 Å². The van der Waals surface area contributed by atoms with Crippen LogP contribution >= 0.6 is 0 Å². The quantitative estimate of drug-likeness (QED) is 0.751. The smallest absolute Gasteiger partial charge is 0.406 e. The van der Waals surface area contributed by atoms with Crippen LogP contribution in [0.1, 0.15) is 25.8 Å². The number of alkyl halides is 3. The maximum Gasteiger partial charge on any atom is 0.573 e. The van der Waals surface area contributed by atoms with Crippen LogP contribution in [0.2, 0.25) is 0 Å². The van der Waals surface area contributed by atoms with Gasteiger partial charge in [-0.15, -0.1) is 13.2 Å². The molecule has 1 aromatic rings. The zero-order valence-corrected chi connectivity index (χ0v) is 15.3. The van der Waals surface area contributed by atoms with Crippen molar-refractivity contribution in [2.45, 2.75) is 39.2 Å². The molecule has 1 atom stereocenters. The van der Waals surface area contributed by atoms with E-state index in [-0.39, 0.29) is 30.5 Å². The average molecular weight is 387 g/mol. The van der Waals surface area contributed by atoms with E-state index in [0.717, 1.165) is 0 Å². The first-order valence-corrected chi connectivity index (χ1v) is 8.77. The summed E-state index contributed by atoms with van der Waals surface area (Å²) in [5.41, 5.74) is 0.470. The summed E-state index contributed by atoms with van der Waals surface area (Å²) < 4.78 is 40.7. The van der Waals surface area contributed by atoms with Crippen molar-refractivity contribution >= 4 is 11.8 Å². The molecule has 1 saturated heterocycles. The van der Waals surface area contributed by atoms with Crippen LogP contribution in [-0.4, -0.2) is 48.8 Å². The van der Waals surface area contributed by atoms with E-state index >= 15 is 0 Å². The van der Waals surface area contributed by atoms with Gasteiger partial charge in [-0.3, -0.25) is 14.5 Å². The first-order chi connectivity index (χ1) is 12.6. The van der Waals surface area contributed by atoms with E-state index in [1.807, 2.05) is 18.7 Å². The van der Waals surface area contributed by atoms with Crippen LogP contribution in [0.25, 0.3) is 0 Å². The lowest BCUT2D eigenvalue weighted by Gasteiger charge is -2.35. The van der Waals surface area contributed by atoms with Gasteiger partial charge in [0.15, 0.2) is 0 Å². The van der Waals surface area contributed by atoms with Gasteiger partial charge < -0.3 is 15.4 Å². The lowest BCUT2D eigenvalue weighted by Crippen LogP contribution is -2.57. The normalized spacial score (nSPS) is 18.3. The minimum absolute atomic E-state index is 0.00268. The van der Waals surface area contributed by atoms with E-state index in [0.29, 0.717) is 31.1 Å². The molecule has 0 saturated carbocycles. The molecule has 9 heteroatoms. The molecule has 150 valence electrons. The van der Waals surface area contributed by atoms with Crippen LogP contribution in [-0.2, 0) is 16.1 Å². The van der Waals surface area contributed by atoms with Crippen LogP contribution in [0.3, 0.4) is 0 Å². The predicted molar refractivity (Wildman–Crippen MR) is 92.8 cm³/mol. The highest BCUT2D eigenvalue weighted by atomic mass is 19.4. The molecule has 0 spiro atoms. The van der Waals surface area contributed by atoms with Gasteiger partial charge >= 0.3 is 6.36 Å². The maximum absolute atomic E-state index is 12.3. The summed E-state index contributed by atoms with van der Waals surface area (Å²) in [4.78, 5) is 26.4. The number of hydrogen-bond donors (Lipinski definition) is 2. The summed E-state index contributed by atoms with van der Waals surface area (Å²) in [5.74, 6) is -0.507. The predicted octanol–water partition coefficient (Wildman–Crippen LogP) is 2.05. The number of hydrogen-bond acceptors (Lipinski definition) is 4. The minimum atomic E-state index is -4.77. The zero-order valence-electron chi connectivity index (χ0n) is 15.3. The van der Waals surface area contributed by atoms with E-state index in [2.05, 4.69) is 15.4 Å². The first-order valence-electron chi connectivity index (χ1n) is 8.77. The second-order valence-electron chi connectivity index (χ2n) is 6.87. The Bertz CT molecular complexity index is 665. The highest BCUT2D eigenvalue weighted by Gasteiger charge is 2.32. The molecular formula is C18H24F3N3O3. The molecular weight excluding hydrogens is 363 g/mol. The lowest BCUT2D eigenvalue weighted by atomic mass is 10.1. The van der Waals surface area contributed by atoms with Crippen molar-refractivity contribution in [3.8, 4) is 5.75 Å². The van der Waals surface area contributed by atoms with Crippen LogP contribution < -0.4 is 15.4 Å². The third-order valence-corrected chi connectivity index (χ3v) is 4.04. The third kappa shape index (κ3) is 7.09. The molecule has 0 radical (unpaired) electrons. The molecule has 2 N–H and O–H groups in total. The molecule has 0 bridgehead atoms. The van der Waals surface area contributed by atoms with Crippen LogP contribution in [0.15, 0.2) is 24.3 Å². The standard InChI is InChI=1S/C18H24F3N3O3/c1-12(2)11-24-7-6-22-17(26)15(24)9-16(25)23-10-13-4-3-5-14(8-13)27-18(19,20)21/h3-5,8,12,15H,6-7,9-11H2,1-2H3,(H,22,26)(H,23,25)/t15-/m0/s1. The summed E-state index contributed by atoms with van der Waals surface area (Å²) in [6, 6.07) is 4.87. The van der Waals surface area contributed by atoms with Crippen molar-refractivity contribution in [1.29, 1.82) is 0 Å². The van der Waals surface area contributed by atoms with Crippen molar-refractivity contribution < 1.29 is 27.5 Å². The number of rotatable bonds is 7. The fraction of sp³-hybridized carbons (Fsp3) is 0.556. The van der Waals surface area contributed by atoms with Gasteiger partial charge in [-0.1, -0.05) is 26.0 Å². The topological polar surface area (TPSA) is 70.7 Å². The molecule has 0 unspecified atom stereocenters. The molecule has 1 aliphatic heterocycles. The Morgan fingerprint density at radius 2 is 2.15 bits per heavy atom. The molecule has 2 amide bonds. The molecule has 0 aromatic heterocycles. The highest BCUT2D eigenvalue weighted by molar-refractivity contribution is 5.88. The highest BCUT2D eigenvalue weighted by Crippen LogP contribution is 2.23. The molecule has 27 heavy (non-hydrogen) atoms. The van der Waals surface area contributed by atoms with Crippen molar-refractivity contribution in [2.24, 2.45) is 5.92 Å². The van der Waals surface area contributed by atoms with Gasteiger partial charge in [0, 0.05) is 26.2 Å². The SMILES string of the molecule is CC(C)CN1CCNC(=O)[C@@H]1CC(=O)NCc1cccc(OC(F)(F)F)c1. The summed E-state index contributed by atoms with van der Waals surface area (Å²) in [7, 11) is 0. The summed E-state index contributed by atoms with van der Waals surface area (Å²) in [5, 5.41) is 5.41. The third-order valence-electron chi connectivity index (χ3n) is 4.04. The number of nitrogens with one attached hydrogen (secondary N) is 2. The van der Waals surface area contributed by atoms with Gasteiger partial charge in [0.05, 0.1) is 12.5 Å². The summed E-state index contributed by atoms with van der Waals surface area (Å²) in [6.07, 6.45) is -4.77. The van der Waals surface area contributed by atoms with E-state index in [9.17, 15) is 22.8 Å². The van der Waals surface area contributed by atoms with Gasteiger partial charge in [0.1, 0.15) is 5.75 Å². The number of halogens is 3. The number of nitrogens with zero attached hydrogens (tertiary/aromatic N) is 1. The fourth-order valence-corrected chi connectivity index (χ4v) is 2.97. The second kappa shape index (κ2) is 9.07. The van der Waals surface area contributed by atoms with Gasteiger partial charge in [-0.2, -0.15) is 0 Å². The zero-order chi connectivity index (χ0) is 20.0.